The van der Waals surface area contributed by atoms with Crippen molar-refractivity contribution in [1.82, 2.24) is 0 Å². The van der Waals surface area contributed by atoms with Crippen LogP contribution in [0.1, 0.15) is 6.92 Å². The Morgan fingerprint density at radius 1 is 1.33 bits per heavy atom. The summed E-state index contributed by atoms with van der Waals surface area (Å²) >= 11 is 0. The number of hydrogen-bond acceptors (Lipinski definition) is 2. The molecule has 0 aliphatic heterocycles. The minimum Gasteiger partial charge on any atom is -0.506 e. The summed E-state index contributed by atoms with van der Waals surface area (Å²) in [6, 6.07) is 7.25. The van der Waals surface area contributed by atoms with Gasteiger partial charge in [-0.15, -0.1) is 0 Å². The molecule has 0 radical (unpaired) electrons. The summed E-state index contributed by atoms with van der Waals surface area (Å²) in [5.41, 5.74) is 0.815. The lowest BCUT2D eigenvalue weighted by atomic mass is 10.3. The largest absolute Gasteiger partial charge is 0.506 e. The Morgan fingerprint density at radius 3 is 2.58 bits per heavy atom. The molecule has 1 aromatic rings. The molecule has 1 aromatic carbocycles. The Kier molecular flexibility index (Phi) is 2.75. The SMILES string of the molecule is CC=CN(C)c1ccccc1O. The van der Waals surface area contributed by atoms with Gasteiger partial charge in [-0.1, -0.05) is 18.2 Å². The normalized spacial score (nSPS) is 10.5. The molecular weight excluding hydrogens is 150 g/mol. The summed E-state index contributed by atoms with van der Waals surface area (Å²) in [6.07, 6.45) is 3.82. The quantitative estimate of drug-likeness (QED) is 0.723. The fourth-order valence-corrected chi connectivity index (χ4v) is 1.07. The number of anilines is 1. The number of para-hydroxylation sites is 2. The molecule has 0 bridgehead atoms. The van der Waals surface area contributed by atoms with E-state index in [0.717, 1.165) is 5.69 Å². The molecule has 0 saturated carbocycles. The number of hydrogen-bond donors (Lipinski definition) is 1. The topological polar surface area (TPSA) is 23.5 Å². The van der Waals surface area contributed by atoms with Crippen molar-refractivity contribution in [1.29, 1.82) is 0 Å². The molecular formula is C10H13NO. The summed E-state index contributed by atoms with van der Waals surface area (Å²) in [6.45, 7) is 1.94. The average molecular weight is 163 g/mol. The highest BCUT2D eigenvalue weighted by molar-refractivity contribution is 5.58. The molecule has 0 aromatic heterocycles. The van der Waals surface area contributed by atoms with E-state index in [1.165, 1.54) is 0 Å². The van der Waals surface area contributed by atoms with Crippen molar-refractivity contribution in [2.45, 2.75) is 6.92 Å². The van der Waals surface area contributed by atoms with Crippen molar-refractivity contribution in [3.63, 3.8) is 0 Å². The van der Waals surface area contributed by atoms with Gasteiger partial charge in [0.1, 0.15) is 5.75 Å². The minimum absolute atomic E-state index is 0.304. The third-order valence-corrected chi connectivity index (χ3v) is 1.63. The third kappa shape index (κ3) is 1.78. The summed E-state index contributed by atoms with van der Waals surface area (Å²) in [5.74, 6) is 0.304. The van der Waals surface area contributed by atoms with Crippen molar-refractivity contribution in [2.75, 3.05) is 11.9 Å². The zero-order chi connectivity index (χ0) is 8.97. The van der Waals surface area contributed by atoms with Gasteiger partial charge in [0, 0.05) is 7.05 Å². The smallest absolute Gasteiger partial charge is 0.139 e. The lowest BCUT2D eigenvalue weighted by Crippen LogP contribution is -2.07. The molecule has 0 atom stereocenters. The predicted octanol–water partition coefficient (Wildman–Crippen LogP) is 2.36. The monoisotopic (exact) mass is 163 g/mol. The maximum Gasteiger partial charge on any atom is 0.139 e. The molecule has 0 fully saturated rings. The molecule has 0 amide bonds. The minimum atomic E-state index is 0.304. The van der Waals surface area contributed by atoms with Crippen LogP contribution in [0.15, 0.2) is 36.5 Å². The third-order valence-electron chi connectivity index (χ3n) is 1.63. The van der Waals surface area contributed by atoms with Gasteiger partial charge in [-0.2, -0.15) is 0 Å². The van der Waals surface area contributed by atoms with Gasteiger partial charge in [0.25, 0.3) is 0 Å². The lowest BCUT2D eigenvalue weighted by Gasteiger charge is -2.14. The number of rotatable bonds is 2. The van der Waals surface area contributed by atoms with Crippen molar-refractivity contribution in [3.05, 3.63) is 36.5 Å². The van der Waals surface area contributed by atoms with Crippen LogP contribution in [0.5, 0.6) is 5.75 Å². The molecule has 2 heteroatoms. The molecule has 12 heavy (non-hydrogen) atoms. The number of aromatic hydroxyl groups is 1. The van der Waals surface area contributed by atoms with Gasteiger partial charge >= 0.3 is 0 Å². The summed E-state index contributed by atoms with van der Waals surface area (Å²) in [4.78, 5) is 1.87. The maximum absolute atomic E-state index is 9.43. The Morgan fingerprint density at radius 2 is 2.00 bits per heavy atom. The fraction of sp³-hybridized carbons (Fsp3) is 0.200. The van der Waals surface area contributed by atoms with Crippen LogP contribution in [0, 0.1) is 0 Å². The van der Waals surface area contributed by atoms with Gasteiger partial charge in [0.15, 0.2) is 0 Å². The van der Waals surface area contributed by atoms with E-state index in [9.17, 15) is 5.11 Å². The molecule has 0 unspecified atom stereocenters. The van der Waals surface area contributed by atoms with Crippen LogP contribution in [-0.2, 0) is 0 Å². The molecule has 0 aliphatic rings. The molecule has 0 saturated heterocycles. The highest BCUT2D eigenvalue weighted by Gasteiger charge is 2.00. The zero-order valence-corrected chi connectivity index (χ0v) is 7.36. The first-order valence-electron chi connectivity index (χ1n) is 3.89. The molecule has 64 valence electrons. The van der Waals surface area contributed by atoms with Crippen LogP contribution in [0.3, 0.4) is 0 Å². The van der Waals surface area contributed by atoms with Crippen molar-refractivity contribution in [2.24, 2.45) is 0 Å². The first-order valence-corrected chi connectivity index (χ1v) is 3.89. The number of allylic oxidation sites excluding steroid dienone is 1. The molecule has 1 N–H and O–H groups in total. The van der Waals surface area contributed by atoms with E-state index in [4.69, 9.17) is 0 Å². The van der Waals surface area contributed by atoms with Gasteiger partial charge in [-0.05, 0) is 25.3 Å². The fourth-order valence-electron chi connectivity index (χ4n) is 1.07. The number of benzene rings is 1. The molecule has 0 heterocycles. The van der Waals surface area contributed by atoms with Crippen molar-refractivity contribution < 1.29 is 5.11 Å². The average Bonchev–Trinajstić information content (AvgIpc) is 2.05. The Bertz CT molecular complexity index is 281. The molecule has 0 aliphatic carbocycles. The van der Waals surface area contributed by atoms with Crippen molar-refractivity contribution in [3.8, 4) is 5.75 Å². The summed E-state index contributed by atoms with van der Waals surface area (Å²) < 4.78 is 0. The number of phenolic OH excluding ortho intramolecular Hbond substituents is 1. The van der Waals surface area contributed by atoms with E-state index >= 15 is 0 Å². The van der Waals surface area contributed by atoms with E-state index in [-0.39, 0.29) is 0 Å². The van der Waals surface area contributed by atoms with Gasteiger partial charge in [-0.3, -0.25) is 0 Å². The zero-order valence-electron chi connectivity index (χ0n) is 7.36. The van der Waals surface area contributed by atoms with Crippen LogP contribution >= 0.6 is 0 Å². The Balaban J connectivity index is 2.94. The molecule has 2 nitrogen and oxygen atoms in total. The van der Waals surface area contributed by atoms with E-state index < -0.39 is 0 Å². The second-order valence-corrected chi connectivity index (χ2v) is 2.58. The first-order chi connectivity index (χ1) is 5.75. The second-order valence-electron chi connectivity index (χ2n) is 2.58. The van der Waals surface area contributed by atoms with Crippen LogP contribution in [0.25, 0.3) is 0 Å². The van der Waals surface area contributed by atoms with E-state index in [1.54, 1.807) is 6.07 Å². The van der Waals surface area contributed by atoms with Crippen molar-refractivity contribution >= 4 is 5.69 Å². The van der Waals surface area contributed by atoms with Crippen LogP contribution < -0.4 is 4.90 Å². The summed E-state index contributed by atoms with van der Waals surface area (Å²) in [7, 11) is 1.90. The lowest BCUT2D eigenvalue weighted by molar-refractivity contribution is 0.476. The highest BCUT2D eigenvalue weighted by atomic mass is 16.3. The van der Waals surface area contributed by atoms with Gasteiger partial charge < -0.3 is 10.0 Å². The number of phenols is 1. The maximum atomic E-state index is 9.43. The van der Waals surface area contributed by atoms with E-state index in [2.05, 4.69) is 0 Å². The van der Waals surface area contributed by atoms with Gasteiger partial charge in [-0.25, -0.2) is 0 Å². The Hall–Kier alpha value is -1.44. The molecule has 1 rings (SSSR count). The molecule has 0 spiro atoms. The van der Waals surface area contributed by atoms with Crippen LogP contribution in [0.4, 0.5) is 5.69 Å². The highest BCUT2D eigenvalue weighted by Crippen LogP contribution is 2.25. The van der Waals surface area contributed by atoms with E-state index in [0.29, 0.717) is 5.75 Å². The van der Waals surface area contributed by atoms with Gasteiger partial charge in [0.2, 0.25) is 0 Å². The first kappa shape index (κ1) is 8.65. The van der Waals surface area contributed by atoms with E-state index in [1.807, 2.05) is 49.3 Å². The summed E-state index contributed by atoms with van der Waals surface area (Å²) in [5, 5.41) is 9.43. The second kappa shape index (κ2) is 3.81. The number of nitrogens with zero attached hydrogens (tertiary/aromatic N) is 1. The predicted molar refractivity (Wildman–Crippen MR) is 51.3 cm³/mol. The van der Waals surface area contributed by atoms with Gasteiger partial charge in [0.05, 0.1) is 5.69 Å². The standard InChI is InChI=1S/C10H13NO/c1-3-8-11(2)9-6-4-5-7-10(9)12/h3-8,12H,1-2H3. The Labute approximate surface area is 72.8 Å². The van der Waals surface area contributed by atoms with Crippen LogP contribution in [0.2, 0.25) is 0 Å². The van der Waals surface area contributed by atoms with Crippen LogP contribution in [-0.4, -0.2) is 12.2 Å².